The van der Waals surface area contributed by atoms with Crippen molar-refractivity contribution in [3.8, 4) is 0 Å². The maximum absolute atomic E-state index is 13.7. The zero-order valence-electron chi connectivity index (χ0n) is 11.4. The van der Waals surface area contributed by atoms with E-state index in [9.17, 15) is 17.6 Å². The van der Waals surface area contributed by atoms with Gasteiger partial charge in [0.2, 0.25) is 0 Å². The molecule has 0 heterocycles. The second-order valence-corrected chi connectivity index (χ2v) is 6.91. The molecule has 1 amide bonds. The molecular formula is C13H15ClFNO4S. The predicted molar refractivity (Wildman–Crippen MR) is 77.4 cm³/mol. The molecule has 1 aromatic rings. The molecule has 1 aromatic carbocycles. The number of hydrogen-bond acceptors (Lipinski definition) is 4. The van der Waals surface area contributed by atoms with Crippen LogP contribution in [0.3, 0.4) is 0 Å². The van der Waals surface area contributed by atoms with E-state index >= 15 is 0 Å². The first-order valence-corrected chi connectivity index (χ1v) is 8.27. The first kappa shape index (κ1) is 17.6. The molecule has 0 saturated heterocycles. The van der Waals surface area contributed by atoms with Crippen LogP contribution in [-0.2, 0) is 13.8 Å². The van der Waals surface area contributed by atoms with E-state index in [1.165, 1.54) is 0 Å². The van der Waals surface area contributed by atoms with E-state index in [0.29, 0.717) is 12.7 Å². The summed E-state index contributed by atoms with van der Waals surface area (Å²) in [6.45, 7) is 6.29. The maximum atomic E-state index is 13.7. The molecule has 0 fully saturated rings. The summed E-state index contributed by atoms with van der Waals surface area (Å²) < 4.78 is 40.9. The van der Waals surface area contributed by atoms with Crippen LogP contribution >= 0.6 is 10.7 Å². The van der Waals surface area contributed by atoms with E-state index in [2.05, 4.69) is 11.9 Å². The van der Waals surface area contributed by atoms with Gasteiger partial charge in [-0.3, -0.25) is 4.79 Å². The van der Waals surface area contributed by atoms with Gasteiger partial charge in [0.15, 0.2) is 0 Å². The summed E-state index contributed by atoms with van der Waals surface area (Å²) in [7, 11) is 1.06. The molecule has 0 spiro atoms. The number of nitrogens with one attached hydrogen (secondary N) is 1. The van der Waals surface area contributed by atoms with Gasteiger partial charge in [0, 0.05) is 17.2 Å². The molecule has 116 valence electrons. The zero-order chi connectivity index (χ0) is 16.0. The third-order valence-electron chi connectivity index (χ3n) is 2.35. The Morgan fingerprint density at radius 1 is 1.48 bits per heavy atom. The number of halogens is 2. The van der Waals surface area contributed by atoms with E-state index in [0.717, 1.165) is 17.7 Å². The number of hydrogen-bond donors (Lipinski definition) is 1. The van der Waals surface area contributed by atoms with Crippen molar-refractivity contribution >= 4 is 25.6 Å². The van der Waals surface area contributed by atoms with Crippen LogP contribution in [0, 0.1) is 5.82 Å². The Bertz CT molecular complexity index is 646. The Morgan fingerprint density at radius 2 is 2.14 bits per heavy atom. The Hall–Kier alpha value is -1.44. The molecule has 0 aliphatic rings. The van der Waals surface area contributed by atoms with Crippen molar-refractivity contribution < 1.29 is 22.3 Å². The van der Waals surface area contributed by atoms with Crippen molar-refractivity contribution in [2.45, 2.75) is 11.8 Å². The van der Waals surface area contributed by atoms with E-state index in [1.54, 1.807) is 6.92 Å². The average Bonchev–Trinajstić information content (AvgIpc) is 2.36. The van der Waals surface area contributed by atoms with Gasteiger partial charge in [0.05, 0.1) is 23.7 Å². The quantitative estimate of drug-likeness (QED) is 0.470. The molecule has 8 heteroatoms. The van der Waals surface area contributed by atoms with Crippen molar-refractivity contribution in [1.29, 1.82) is 0 Å². The van der Waals surface area contributed by atoms with Crippen molar-refractivity contribution in [3.63, 3.8) is 0 Å². The van der Waals surface area contributed by atoms with Crippen LogP contribution in [0.1, 0.15) is 17.3 Å². The fraction of sp³-hybridized carbons (Fsp3) is 0.308. The Labute approximate surface area is 127 Å². The number of rotatable bonds is 7. The summed E-state index contributed by atoms with van der Waals surface area (Å²) in [4.78, 5) is 11.3. The van der Waals surface area contributed by atoms with Crippen molar-refractivity contribution in [2.75, 3.05) is 19.8 Å². The highest BCUT2D eigenvalue weighted by Crippen LogP contribution is 2.18. The minimum atomic E-state index is -4.03. The van der Waals surface area contributed by atoms with Gasteiger partial charge >= 0.3 is 0 Å². The second kappa shape index (κ2) is 7.53. The van der Waals surface area contributed by atoms with Gasteiger partial charge < -0.3 is 10.1 Å². The van der Waals surface area contributed by atoms with Crippen molar-refractivity contribution in [1.82, 2.24) is 5.32 Å². The minimum absolute atomic E-state index is 0.196. The lowest BCUT2D eigenvalue weighted by atomic mass is 10.2. The molecule has 0 aromatic heterocycles. The highest BCUT2D eigenvalue weighted by Gasteiger charge is 2.16. The van der Waals surface area contributed by atoms with Crippen LogP contribution in [0.4, 0.5) is 4.39 Å². The van der Waals surface area contributed by atoms with E-state index in [-0.39, 0.29) is 18.7 Å². The fourth-order valence-corrected chi connectivity index (χ4v) is 2.17. The van der Waals surface area contributed by atoms with E-state index in [1.807, 2.05) is 0 Å². The number of carbonyl (C=O) groups is 1. The third-order valence-corrected chi connectivity index (χ3v) is 3.70. The number of ether oxygens (including phenoxy) is 1. The fourth-order valence-electron chi connectivity index (χ4n) is 1.41. The smallest absolute Gasteiger partial charge is 0.261 e. The summed E-state index contributed by atoms with van der Waals surface area (Å²) >= 11 is 0. The molecule has 0 radical (unpaired) electrons. The molecule has 0 atom stereocenters. The van der Waals surface area contributed by atoms with Crippen LogP contribution in [-0.4, -0.2) is 34.1 Å². The molecule has 1 rings (SSSR count). The van der Waals surface area contributed by atoms with Crippen LogP contribution in [0.5, 0.6) is 0 Å². The summed E-state index contributed by atoms with van der Waals surface area (Å²) in [5.41, 5.74) is 0.587. The topological polar surface area (TPSA) is 72.5 Å². The largest absolute Gasteiger partial charge is 0.375 e. The second-order valence-electron chi connectivity index (χ2n) is 4.35. The SMILES string of the molecule is C=C(C)COCCNC(=O)c1ccc(S(=O)(=O)Cl)cc1F. The molecular weight excluding hydrogens is 321 g/mol. The molecule has 1 N–H and O–H groups in total. The lowest BCUT2D eigenvalue weighted by Crippen LogP contribution is -2.28. The lowest BCUT2D eigenvalue weighted by molar-refractivity contribution is 0.0922. The van der Waals surface area contributed by atoms with Gasteiger partial charge in [-0.2, -0.15) is 0 Å². The van der Waals surface area contributed by atoms with Gasteiger partial charge in [0.25, 0.3) is 15.0 Å². The molecule has 0 saturated carbocycles. The van der Waals surface area contributed by atoms with Crippen molar-refractivity contribution in [3.05, 3.63) is 41.7 Å². The molecule has 21 heavy (non-hydrogen) atoms. The standard InChI is InChI=1S/C13H15ClFNO4S/c1-9(2)8-20-6-5-16-13(17)11-4-3-10(7-12(11)15)21(14,18)19/h3-4,7H,1,5-6,8H2,2H3,(H,16,17). The number of amides is 1. The number of benzene rings is 1. The molecule has 0 aliphatic carbocycles. The van der Waals surface area contributed by atoms with Gasteiger partial charge in [-0.25, -0.2) is 12.8 Å². The highest BCUT2D eigenvalue weighted by molar-refractivity contribution is 8.13. The molecule has 0 unspecified atom stereocenters. The predicted octanol–water partition coefficient (Wildman–Crippen LogP) is 2.08. The van der Waals surface area contributed by atoms with Crippen molar-refractivity contribution in [2.24, 2.45) is 0 Å². The van der Waals surface area contributed by atoms with E-state index < -0.39 is 25.7 Å². The summed E-state index contributed by atoms with van der Waals surface area (Å²) in [6.07, 6.45) is 0. The Kier molecular flexibility index (Phi) is 6.32. The third kappa shape index (κ3) is 5.82. The van der Waals surface area contributed by atoms with Gasteiger partial charge in [-0.05, 0) is 25.1 Å². The Balaban J connectivity index is 2.61. The summed E-state index contributed by atoms with van der Waals surface area (Å²) in [5, 5.41) is 2.46. The first-order chi connectivity index (χ1) is 9.71. The molecule has 0 bridgehead atoms. The first-order valence-electron chi connectivity index (χ1n) is 5.96. The van der Waals surface area contributed by atoms with Crippen LogP contribution < -0.4 is 5.32 Å². The van der Waals surface area contributed by atoms with Crippen LogP contribution in [0.2, 0.25) is 0 Å². The lowest BCUT2D eigenvalue weighted by Gasteiger charge is -2.07. The number of carbonyl (C=O) groups excluding carboxylic acids is 1. The van der Waals surface area contributed by atoms with Crippen LogP contribution in [0.25, 0.3) is 0 Å². The normalized spacial score (nSPS) is 11.2. The average molecular weight is 336 g/mol. The van der Waals surface area contributed by atoms with Gasteiger partial charge in [0.1, 0.15) is 5.82 Å². The Morgan fingerprint density at radius 3 is 2.67 bits per heavy atom. The maximum Gasteiger partial charge on any atom is 0.261 e. The monoisotopic (exact) mass is 335 g/mol. The zero-order valence-corrected chi connectivity index (χ0v) is 12.9. The summed E-state index contributed by atoms with van der Waals surface area (Å²) in [6, 6.07) is 2.83. The van der Waals surface area contributed by atoms with Gasteiger partial charge in [-0.15, -0.1) is 0 Å². The summed E-state index contributed by atoms with van der Waals surface area (Å²) in [5.74, 6) is -1.62. The highest BCUT2D eigenvalue weighted by atomic mass is 35.7. The minimum Gasteiger partial charge on any atom is -0.375 e. The van der Waals surface area contributed by atoms with E-state index in [4.69, 9.17) is 15.4 Å². The molecule has 0 aliphatic heterocycles. The van der Waals surface area contributed by atoms with Crippen LogP contribution in [0.15, 0.2) is 35.2 Å². The molecule has 5 nitrogen and oxygen atoms in total. The van der Waals surface area contributed by atoms with Gasteiger partial charge in [-0.1, -0.05) is 12.2 Å².